The molecule has 2 aromatic rings. The minimum atomic E-state index is -2.77. The van der Waals surface area contributed by atoms with Gasteiger partial charge in [0, 0.05) is 34.4 Å². The number of hydrogen-bond acceptors (Lipinski definition) is 7. The normalized spacial score (nSPS) is 25.1. The van der Waals surface area contributed by atoms with E-state index in [2.05, 4.69) is 0 Å². The van der Waals surface area contributed by atoms with E-state index in [1.165, 1.54) is 36.4 Å². The zero-order chi connectivity index (χ0) is 33.1. The fourth-order valence-electron chi connectivity index (χ4n) is 4.66. The van der Waals surface area contributed by atoms with Crippen molar-refractivity contribution in [3.8, 4) is 0 Å². The van der Waals surface area contributed by atoms with E-state index in [1.807, 2.05) is 0 Å². The number of alkyl halides is 4. The molecule has 2 aliphatic carbocycles. The second kappa shape index (κ2) is 14.0. The summed E-state index contributed by atoms with van der Waals surface area (Å²) in [5, 5.41) is 23.1. The highest BCUT2D eigenvalue weighted by Crippen LogP contribution is 2.49. The molecule has 45 heavy (non-hydrogen) atoms. The van der Waals surface area contributed by atoms with Crippen LogP contribution in [0, 0.1) is 31.9 Å². The third-order valence-electron chi connectivity index (χ3n) is 6.61. The number of halogens is 8. The van der Waals surface area contributed by atoms with Gasteiger partial charge in [-0.2, -0.15) is 0 Å². The van der Waals surface area contributed by atoms with Crippen molar-refractivity contribution < 1.29 is 41.6 Å². The lowest BCUT2D eigenvalue weighted by atomic mass is 9.89. The van der Waals surface area contributed by atoms with E-state index in [9.17, 15) is 29.0 Å². The highest BCUT2D eigenvalue weighted by atomic mass is 35.5. The molecule has 4 rings (SSSR count). The van der Waals surface area contributed by atoms with Crippen molar-refractivity contribution in [2.75, 3.05) is 26.6 Å². The Morgan fingerprint density at radius 2 is 1.07 bits per heavy atom. The lowest BCUT2D eigenvalue weighted by Gasteiger charge is -2.36. The zero-order valence-corrected chi connectivity index (χ0v) is 25.6. The van der Waals surface area contributed by atoms with E-state index in [0.29, 0.717) is 0 Å². The number of nitrogens with zero attached hydrogens (tertiary/aromatic N) is 2. The summed E-state index contributed by atoms with van der Waals surface area (Å²) in [6, 6.07) is 9.97. The van der Waals surface area contributed by atoms with Crippen LogP contribution in [0.15, 0.2) is 82.3 Å². The van der Waals surface area contributed by atoms with Crippen LogP contribution in [0.5, 0.6) is 0 Å². The number of rotatable bonds is 12. The molecule has 9 nitrogen and oxygen atoms in total. The van der Waals surface area contributed by atoms with Gasteiger partial charge in [-0.1, -0.05) is 59.6 Å². The molecule has 17 heteroatoms. The van der Waals surface area contributed by atoms with Crippen molar-refractivity contribution >= 4 is 57.5 Å². The third-order valence-corrected chi connectivity index (χ3v) is 8.19. The van der Waals surface area contributed by atoms with Crippen LogP contribution in [0.25, 0.3) is 11.1 Å². The Labute approximate surface area is 272 Å². The average Bonchev–Trinajstić information content (AvgIpc) is 2.99. The van der Waals surface area contributed by atoms with Gasteiger partial charge in [0.05, 0.1) is 19.9 Å². The molecule has 4 atom stereocenters. The van der Waals surface area contributed by atoms with E-state index >= 15 is 8.78 Å². The van der Waals surface area contributed by atoms with Crippen molar-refractivity contribution in [3.05, 3.63) is 125 Å². The summed E-state index contributed by atoms with van der Waals surface area (Å²) in [4.78, 5) is 16.8. The number of benzene rings is 2. The first-order chi connectivity index (χ1) is 21.3. The molecule has 0 saturated carbocycles. The predicted molar refractivity (Wildman–Crippen MR) is 158 cm³/mol. The quantitative estimate of drug-likeness (QED) is 0.0736. The van der Waals surface area contributed by atoms with Crippen molar-refractivity contribution in [1.82, 2.24) is 0 Å². The van der Waals surface area contributed by atoms with Crippen LogP contribution in [0.2, 0.25) is 0 Å². The molecule has 0 aliphatic heterocycles. The minimum Gasteiger partial charge on any atom is -0.485 e. The minimum absolute atomic E-state index is 0.282. The molecule has 0 amide bonds. The van der Waals surface area contributed by atoms with E-state index < -0.39 is 91.8 Å². The van der Waals surface area contributed by atoms with Gasteiger partial charge >= 0.3 is 10.00 Å². The number of nitro groups is 2. The highest BCUT2D eigenvalue weighted by Gasteiger charge is 2.56. The molecular weight excluding hydrogens is 694 g/mol. The summed E-state index contributed by atoms with van der Waals surface area (Å²) < 4.78 is 73.3. The number of hydrogen-bond donors (Lipinski definition) is 0. The van der Waals surface area contributed by atoms with Gasteiger partial charge in [-0.25, -0.2) is 17.6 Å². The molecule has 0 heterocycles. The maximum atomic E-state index is 15.2. The first-order valence-corrected chi connectivity index (χ1v) is 14.3. The summed E-state index contributed by atoms with van der Waals surface area (Å²) in [7, 11) is 0. The maximum absolute atomic E-state index is 15.2. The second-order valence-electron chi connectivity index (χ2n) is 9.35. The van der Waals surface area contributed by atoms with Gasteiger partial charge in [-0.3, -0.25) is 20.2 Å². The largest absolute Gasteiger partial charge is 0.485 e. The van der Waals surface area contributed by atoms with E-state index in [-0.39, 0.29) is 22.3 Å². The third kappa shape index (κ3) is 6.50. The topological polar surface area (TPSA) is 114 Å². The Bertz CT molecular complexity index is 1520. The lowest BCUT2D eigenvalue weighted by molar-refractivity contribution is -0.522. The van der Waals surface area contributed by atoms with E-state index in [4.69, 9.17) is 60.6 Å². The van der Waals surface area contributed by atoms with Crippen molar-refractivity contribution in [1.29, 1.82) is 0 Å². The van der Waals surface area contributed by atoms with E-state index in [1.54, 1.807) is 0 Å². The van der Waals surface area contributed by atoms with Gasteiger partial charge in [0.15, 0.2) is 0 Å². The molecule has 0 fully saturated rings. The van der Waals surface area contributed by atoms with Crippen LogP contribution in [-0.2, 0) is 14.2 Å². The highest BCUT2D eigenvalue weighted by molar-refractivity contribution is 6.35. The number of ether oxygens (including phenoxy) is 3. The van der Waals surface area contributed by atoms with Gasteiger partial charge < -0.3 is 14.2 Å². The standard InChI is InChI=1S/C28H20Cl4F4N2O7/c29-21-23(17(15-5-1-3-7-19(15)35)13-27(31,37(39)40)25(21)43-11-9-33)45-24-18(16-6-2-4-8-20(16)36)14-28(32,38(41)42)26(22(24)30)44-12-10-34/h1-8,13-14,23-24H,9-12H2. The molecule has 0 bridgehead atoms. The smallest absolute Gasteiger partial charge is 0.372 e. The Balaban J connectivity index is 2.00. The lowest BCUT2D eigenvalue weighted by Crippen LogP contribution is -2.43. The molecule has 2 aliphatic rings. The van der Waals surface area contributed by atoms with Crippen LogP contribution < -0.4 is 0 Å². The fraction of sp³-hybridized carbons (Fsp3) is 0.286. The van der Waals surface area contributed by atoms with Crippen molar-refractivity contribution in [2.24, 2.45) is 0 Å². The van der Waals surface area contributed by atoms with Crippen LogP contribution in [0.3, 0.4) is 0 Å². The van der Waals surface area contributed by atoms with Crippen molar-refractivity contribution in [2.45, 2.75) is 22.2 Å². The molecule has 240 valence electrons. The Kier molecular flexibility index (Phi) is 10.7. The second-order valence-corrected chi connectivity index (χ2v) is 11.3. The van der Waals surface area contributed by atoms with Gasteiger partial charge in [-0.05, 0) is 35.3 Å². The van der Waals surface area contributed by atoms with Gasteiger partial charge in [0.25, 0.3) is 0 Å². The summed E-state index contributed by atoms with van der Waals surface area (Å²) in [5.41, 5.74) is -1.23. The molecule has 4 unspecified atom stereocenters. The van der Waals surface area contributed by atoms with E-state index in [0.717, 1.165) is 24.3 Å². The average molecular weight is 714 g/mol. The first-order valence-electron chi connectivity index (χ1n) is 12.8. The fourth-order valence-corrected chi connectivity index (χ4v) is 6.04. The summed E-state index contributed by atoms with van der Waals surface area (Å²) >= 11 is 25.9. The first kappa shape index (κ1) is 34.5. The summed E-state index contributed by atoms with van der Waals surface area (Å²) in [5.74, 6) is -3.35. The van der Waals surface area contributed by atoms with Crippen LogP contribution in [0.4, 0.5) is 17.6 Å². The Hall–Kier alpha value is -3.36. The van der Waals surface area contributed by atoms with Gasteiger partial charge in [0.2, 0.25) is 11.5 Å². The zero-order valence-electron chi connectivity index (χ0n) is 22.5. The molecular formula is C28H20Cl4F4N2O7. The molecule has 0 radical (unpaired) electrons. The summed E-state index contributed by atoms with van der Waals surface area (Å²) in [6.45, 7) is -3.68. The molecule has 0 N–H and O–H groups in total. The van der Waals surface area contributed by atoms with Crippen LogP contribution in [-0.4, -0.2) is 58.6 Å². The molecule has 2 aromatic carbocycles. The van der Waals surface area contributed by atoms with Crippen LogP contribution in [0.1, 0.15) is 11.1 Å². The molecule has 0 aromatic heterocycles. The maximum Gasteiger partial charge on any atom is 0.372 e. The SMILES string of the molecule is O=[N+]([O-])C1(Cl)C=C(c2ccccc2F)C(OC2C(c3ccccc3F)=CC(Cl)([N+](=O)[O-])C(OCCF)=C2Cl)C(Cl)=C1OCCF. The van der Waals surface area contributed by atoms with Gasteiger partial charge in [0.1, 0.15) is 50.4 Å². The molecule has 0 saturated heterocycles. The van der Waals surface area contributed by atoms with Gasteiger partial charge in [-0.15, -0.1) is 0 Å². The monoisotopic (exact) mass is 712 g/mol. The predicted octanol–water partition coefficient (Wildman–Crippen LogP) is 7.51. The molecule has 0 spiro atoms. The Morgan fingerprint density at radius 3 is 1.38 bits per heavy atom. The van der Waals surface area contributed by atoms with Crippen molar-refractivity contribution in [3.63, 3.8) is 0 Å². The summed E-state index contributed by atoms with van der Waals surface area (Å²) in [6.07, 6.45) is -1.99. The van der Waals surface area contributed by atoms with Crippen LogP contribution >= 0.6 is 46.4 Å². The Morgan fingerprint density at radius 1 is 0.711 bits per heavy atom.